The van der Waals surface area contributed by atoms with Gasteiger partial charge in [0.05, 0.1) is 31.7 Å². The van der Waals surface area contributed by atoms with Gasteiger partial charge in [-0.1, -0.05) is 30.3 Å². The van der Waals surface area contributed by atoms with E-state index in [0.29, 0.717) is 17.8 Å². The van der Waals surface area contributed by atoms with Crippen molar-refractivity contribution in [3.05, 3.63) is 65.7 Å². The maximum absolute atomic E-state index is 12.4. The molecular formula is C21H27N3O4S. The Balaban J connectivity index is 1.61. The second-order valence-electron chi connectivity index (χ2n) is 7.01. The highest BCUT2D eigenvalue weighted by Crippen LogP contribution is 2.21. The van der Waals surface area contributed by atoms with Crippen LogP contribution in [0.4, 0.5) is 5.69 Å². The van der Waals surface area contributed by atoms with E-state index < -0.39 is 10.0 Å². The molecule has 0 saturated carbocycles. The van der Waals surface area contributed by atoms with Gasteiger partial charge in [-0.25, -0.2) is 8.42 Å². The van der Waals surface area contributed by atoms with E-state index in [1.54, 1.807) is 24.3 Å². The summed E-state index contributed by atoms with van der Waals surface area (Å²) in [7, 11) is -3.46. The van der Waals surface area contributed by atoms with Crippen LogP contribution in [0.3, 0.4) is 0 Å². The monoisotopic (exact) mass is 417 g/mol. The van der Waals surface area contributed by atoms with Crippen LogP contribution in [0, 0.1) is 0 Å². The molecule has 3 rings (SSSR count). The van der Waals surface area contributed by atoms with Gasteiger partial charge in [0.1, 0.15) is 0 Å². The van der Waals surface area contributed by atoms with Crippen molar-refractivity contribution in [2.24, 2.45) is 0 Å². The Morgan fingerprint density at radius 2 is 1.72 bits per heavy atom. The fraction of sp³-hybridized carbons (Fsp3) is 0.381. The van der Waals surface area contributed by atoms with Crippen LogP contribution < -0.4 is 9.62 Å². The molecule has 1 aliphatic rings. The first-order valence-corrected chi connectivity index (χ1v) is 11.5. The molecule has 2 aromatic carbocycles. The van der Waals surface area contributed by atoms with E-state index in [9.17, 15) is 13.2 Å². The van der Waals surface area contributed by atoms with Gasteiger partial charge in [-0.3, -0.25) is 14.0 Å². The summed E-state index contributed by atoms with van der Waals surface area (Å²) >= 11 is 0. The molecular weight excluding hydrogens is 390 g/mol. The number of hydrogen-bond donors (Lipinski definition) is 1. The predicted molar refractivity (Wildman–Crippen MR) is 114 cm³/mol. The third-order valence-electron chi connectivity index (χ3n) is 4.80. The Kier molecular flexibility index (Phi) is 7.24. The molecule has 0 aromatic heterocycles. The first kappa shape index (κ1) is 21.3. The molecule has 0 aliphatic carbocycles. The predicted octanol–water partition coefficient (Wildman–Crippen LogP) is 1.71. The molecule has 1 N–H and O–H groups in total. The summed E-state index contributed by atoms with van der Waals surface area (Å²) in [4.78, 5) is 14.6. The summed E-state index contributed by atoms with van der Waals surface area (Å²) < 4.78 is 31.2. The molecule has 0 spiro atoms. The van der Waals surface area contributed by atoms with Gasteiger partial charge >= 0.3 is 0 Å². The van der Waals surface area contributed by atoms with E-state index >= 15 is 0 Å². The zero-order valence-corrected chi connectivity index (χ0v) is 17.4. The molecule has 1 fully saturated rings. The molecule has 7 nitrogen and oxygen atoms in total. The third kappa shape index (κ3) is 6.28. The van der Waals surface area contributed by atoms with E-state index in [2.05, 4.69) is 10.2 Å². The van der Waals surface area contributed by atoms with Crippen LogP contribution in [0.1, 0.15) is 15.9 Å². The van der Waals surface area contributed by atoms with Gasteiger partial charge in [-0.2, -0.15) is 0 Å². The summed E-state index contributed by atoms with van der Waals surface area (Å²) in [5, 5.41) is 2.91. The number of hydrogen-bond acceptors (Lipinski definition) is 5. The van der Waals surface area contributed by atoms with Crippen molar-refractivity contribution in [1.82, 2.24) is 10.2 Å². The highest BCUT2D eigenvalue weighted by atomic mass is 32.2. The van der Waals surface area contributed by atoms with Gasteiger partial charge in [0.15, 0.2) is 0 Å². The first-order chi connectivity index (χ1) is 13.9. The molecule has 2 aromatic rings. The van der Waals surface area contributed by atoms with Crippen molar-refractivity contribution in [2.75, 3.05) is 50.0 Å². The molecule has 0 bridgehead atoms. The average Bonchev–Trinajstić information content (AvgIpc) is 2.73. The van der Waals surface area contributed by atoms with Gasteiger partial charge in [-0.15, -0.1) is 0 Å². The zero-order valence-electron chi connectivity index (χ0n) is 16.6. The quantitative estimate of drug-likeness (QED) is 0.708. The fourth-order valence-corrected chi connectivity index (χ4v) is 4.07. The van der Waals surface area contributed by atoms with Crippen molar-refractivity contribution >= 4 is 21.6 Å². The van der Waals surface area contributed by atoms with E-state index in [1.165, 1.54) is 10.6 Å². The highest BCUT2D eigenvalue weighted by Gasteiger charge is 2.18. The lowest BCUT2D eigenvalue weighted by Gasteiger charge is -2.26. The molecule has 1 aliphatic heterocycles. The Morgan fingerprint density at radius 1 is 1.07 bits per heavy atom. The Labute approximate surface area is 172 Å². The molecule has 156 valence electrons. The molecule has 0 atom stereocenters. The minimum atomic E-state index is -3.46. The molecule has 1 saturated heterocycles. The highest BCUT2D eigenvalue weighted by molar-refractivity contribution is 7.92. The van der Waals surface area contributed by atoms with Gasteiger partial charge in [-0.05, 0) is 29.8 Å². The SMILES string of the molecule is CS(=O)(=O)N(Cc1ccccc1)c1ccc(C(=O)NCCN2CCOCC2)cc1. The number of ether oxygens (including phenoxy) is 1. The van der Waals surface area contributed by atoms with Crippen molar-refractivity contribution in [3.63, 3.8) is 0 Å². The molecule has 0 unspecified atom stereocenters. The van der Waals surface area contributed by atoms with Gasteiger partial charge in [0, 0.05) is 31.7 Å². The maximum atomic E-state index is 12.4. The number of rotatable bonds is 8. The number of morpholine rings is 1. The van der Waals surface area contributed by atoms with Crippen molar-refractivity contribution < 1.29 is 17.9 Å². The summed E-state index contributed by atoms with van der Waals surface area (Å²) in [6.07, 6.45) is 1.18. The van der Waals surface area contributed by atoms with Crippen molar-refractivity contribution in [1.29, 1.82) is 0 Å². The van der Waals surface area contributed by atoms with E-state index in [1.807, 2.05) is 30.3 Å². The molecule has 8 heteroatoms. The normalized spacial score (nSPS) is 15.1. The smallest absolute Gasteiger partial charge is 0.251 e. The van der Waals surface area contributed by atoms with Crippen LogP contribution in [0.5, 0.6) is 0 Å². The second-order valence-corrected chi connectivity index (χ2v) is 8.92. The average molecular weight is 418 g/mol. The van der Waals surface area contributed by atoms with Gasteiger partial charge in [0.2, 0.25) is 10.0 Å². The summed E-state index contributed by atoms with van der Waals surface area (Å²) in [5.41, 5.74) is 1.92. The summed E-state index contributed by atoms with van der Waals surface area (Å²) in [5.74, 6) is -0.168. The number of amides is 1. The van der Waals surface area contributed by atoms with E-state index in [0.717, 1.165) is 38.4 Å². The zero-order chi connectivity index (χ0) is 20.7. The lowest BCUT2D eigenvalue weighted by atomic mass is 10.1. The van der Waals surface area contributed by atoms with Crippen LogP contribution in [0.15, 0.2) is 54.6 Å². The van der Waals surface area contributed by atoms with Crippen LogP contribution in [-0.2, 0) is 21.3 Å². The number of carbonyl (C=O) groups excluding carboxylic acids is 1. The number of carbonyl (C=O) groups is 1. The minimum absolute atomic E-state index is 0.168. The standard InChI is InChI=1S/C21H27N3O4S/c1-29(26,27)24(17-18-5-3-2-4-6-18)20-9-7-19(8-10-20)21(25)22-11-12-23-13-15-28-16-14-23/h2-10H,11-17H2,1H3,(H,22,25). The van der Waals surface area contributed by atoms with Gasteiger partial charge in [0.25, 0.3) is 5.91 Å². The molecule has 1 amide bonds. The summed E-state index contributed by atoms with van der Waals surface area (Å²) in [6, 6.07) is 16.1. The van der Waals surface area contributed by atoms with Crippen LogP contribution in [-0.4, -0.2) is 64.9 Å². The largest absolute Gasteiger partial charge is 0.379 e. The maximum Gasteiger partial charge on any atom is 0.251 e. The van der Waals surface area contributed by atoms with E-state index in [-0.39, 0.29) is 12.5 Å². The number of anilines is 1. The van der Waals surface area contributed by atoms with Crippen LogP contribution in [0.2, 0.25) is 0 Å². The second kappa shape index (κ2) is 9.87. The lowest BCUT2D eigenvalue weighted by molar-refractivity contribution is 0.0383. The van der Waals surface area contributed by atoms with Crippen molar-refractivity contribution in [3.8, 4) is 0 Å². The summed E-state index contributed by atoms with van der Waals surface area (Å²) in [6.45, 7) is 4.81. The topological polar surface area (TPSA) is 79.0 Å². The lowest BCUT2D eigenvalue weighted by Crippen LogP contribution is -2.41. The Morgan fingerprint density at radius 3 is 2.34 bits per heavy atom. The van der Waals surface area contributed by atoms with Gasteiger partial charge < -0.3 is 10.1 Å². The van der Waals surface area contributed by atoms with Crippen LogP contribution in [0.25, 0.3) is 0 Å². The van der Waals surface area contributed by atoms with Crippen LogP contribution >= 0.6 is 0 Å². The molecule has 0 radical (unpaired) electrons. The fourth-order valence-electron chi connectivity index (χ4n) is 3.18. The number of nitrogens with zero attached hydrogens (tertiary/aromatic N) is 2. The van der Waals surface area contributed by atoms with E-state index in [4.69, 9.17) is 4.74 Å². The Hall–Kier alpha value is -2.42. The molecule has 1 heterocycles. The minimum Gasteiger partial charge on any atom is -0.379 e. The first-order valence-electron chi connectivity index (χ1n) is 9.63. The molecule has 29 heavy (non-hydrogen) atoms. The third-order valence-corrected chi connectivity index (χ3v) is 5.94. The van der Waals surface area contributed by atoms with Crippen molar-refractivity contribution in [2.45, 2.75) is 6.54 Å². The number of benzene rings is 2. The number of sulfonamides is 1. The number of nitrogens with one attached hydrogen (secondary N) is 1. The Bertz CT molecular complexity index is 895.